The van der Waals surface area contributed by atoms with Crippen molar-refractivity contribution in [3.8, 4) is 11.5 Å². The Kier molecular flexibility index (Phi) is 7.41. The lowest BCUT2D eigenvalue weighted by atomic mass is 10.1. The minimum absolute atomic E-state index is 0.196. The summed E-state index contributed by atoms with van der Waals surface area (Å²) in [4.78, 5) is 14.4. The third-order valence-corrected chi connectivity index (χ3v) is 4.75. The van der Waals surface area contributed by atoms with Gasteiger partial charge < -0.3 is 19.2 Å². The second-order valence-electron chi connectivity index (χ2n) is 5.93. The van der Waals surface area contributed by atoms with Gasteiger partial charge in [-0.25, -0.2) is 0 Å². The summed E-state index contributed by atoms with van der Waals surface area (Å²) in [6, 6.07) is 9.19. The van der Waals surface area contributed by atoms with E-state index in [0.29, 0.717) is 6.54 Å². The normalized spacial score (nSPS) is 13.3. The standard InChI is InChI=1S/C19H26N2O4S/c1-5-13(2)21(19(26)20-18(22)16-7-6-10-25-16)12-14-8-9-15(23-3)11-17(14)24-4/h6-11,13,19,26H,5,12H2,1-4H3,(H,20,22). The highest BCUT2D eigenvalue weighted by molar-refractivity contribution is 7.80. The molecule has 2 unspecified atom stereocenters. The van der Waals surface area contributed by atoms with Crippen LogP contribution >= 0.6 is 12.6 Å². The number of methoxy groups -OCH3 is 2. The van der Waals surface area contributed by atoms with Gasteiger partial charge in [0.05, 0.1) is 20.5 Å². The van der Waals surface area contributed by atoms with E-state index >= 15 is 0 Å². The number of benzene rings is 1. The van der Waals surface area contributed by atoms with E-state index in [0.717, 1.165) is 23.5 Å². The van der Waals surface area contributed by atoms with E-state index in [-0.39, 0.29) is 17.7 Å². The summed E-state index contributed by atoms with van der Waals surface area (Å²) in [6.45, 7) is 4.75. The van der Waals surface area contributed by atoms with Crippen LogP contribution in [0.25, 0.3) is 0 Å². The second kappa shape index (κ2) is 9.54. The molecule has 0 radical (unpaired) electrons. The predicted molar refractivity (Wildman–Crippen MR) is 104 cm³/mol. The average molecular weight is 378 g/mol. The molecule has 0 aliphatic rings. The van der Waals surface area contributed by atoms with Crippen molar-refractivity contribution in [2.24, 2.45) is 0 Å². The van der Waals surface area contributed by atoms with Crippen LogP contribution in [0.15, 0.2) is 41.0 Å². The summed E-state index contributed by atoms with van der Waals surface area (Å²) in [6.07, 6.45) is 2.38. The maximum absolute atomic E-state index is 12.3. The van der Waals surface area contributed by atoms with Gasteiger partial charge in [0.1, 0.15) is 17.0 Å². The molecule has 1 aromatic heterocycles. The van der Waals surface area contributed by atoms with Crippen molar-refractivity contribution < 1.29 is 18.7 Å². The first-order valence-corrected chi connectivity index (χ1v) is 9.00. The Hall–Kier alpha value is -2.12. The first-order chi connectivity index (χ1) is 12.5. The lowest BCUT2D eigenvalue weighted by Crippen LogP contribution is -2.48. The van der Waals surface area contributed by atoms with Crippen molar-refractivity contribution in [2.45, 2.75) is 38.4 Å². The Morgan fingerprint density at radius 2 is 2.08 bits per heavy atom. The molecule has 0 aliphatic heterocycles. The van der Waals surface area contributed by atoms with Gasteiger partial charge in [0.25, 0.3) is 5.91 Å². The summed E-state index contributed by atoms with van der Waals surface area (Å²) in [7, 11) is 3.25. The highest BCUT2D eigenvalue weighted by Crippen LogP contribution is 2.27. The Labute approximate surface area is 159 Å². The highest BCUT2D eigenvalue weighted by Gasteiger charge is 2.24. The van der Waals surface area contributed by atoms with Crippen molar-refractivity contribution in [3.63, 3.8) is 0 Å². The van der Waals surface area contributed by atoms with Gasteiger partial charge in [0, 0.05) is 24.2 Å². The van der Waals surface area contributed by atoms with Gasteiger partial charge in [-0.15, -0.1) is 12.6 Å². The molecule has 142 valence electrons. The molecule has 0 bridgehead atoms. The predicted octanol–water partition coefficient (Wildman–Crippen LogP) is 3.54. The maximum atomic E-state index is 12.3. The molecule has 1 amide bonds. The first-order valence-electron chi connectivity index (χ1n) is 8.49. The first kappa shape index (κ1) is 20.2. The number of hydrogen-bond donors (Lipinski definition) is 2. The van der Waals surface area contributed by atoms with Crippen molar-refractivity contribution in [1.29, 1.82) is 0 Å². The molecule has 0 spiro atoms. The van der Waals surface area contributed by atoms with E-state index in [1.807, 2.05) is 18.2 Å². The third-order valence-electron chi connectivity index (χ3n) is 4.32. The number of hydrogen-bond acceptors (Lipinski definition) is 6. The monoisotopic (exact) mass is 378 g/mol. The quantitative estimate of drug-likeness (QED) is 0.516. The van der Waals surface area contributed by atoms with Crippen LogP contribution in [0.3, 0.4) is 0 Å². The Bertz CT molecular complexity index is 706. The summed E-state index contributed by atoms with van der Waals surface area (Å²) < 4.78 is 15.9. The van der Waals surface area contributed by atoms with Crippen LogP contribution in [0.1, 0.15) is 36.4 Å². The molecular formula is C19H26N2O4S. The molecule has 0 aliphatic carbocycles. The van der Waals surface area contributed by atoms with Gasteiger partial charge in [-0.2, -0.15) is 0 Å². The van der Waals surface area contributed by atoms with Crippen LogP contribution in [0.5, 0.6) is 11.5 Å². The number of thiol groups is 1. The van der Waals surface area contributed by atoms with Gasteiger partial charge >= 0.3 is 0 Å². The molecule has 1 heterocycles. The van der Waals surface area contributed by atoms with Crippen molar-refractivity contribution in [1.82, 2.24) is 10.2 Å². The Morgan fingerprint density at radius 3 is 2.65 bits per heavy atom. The SMILES string of the molecule is CCC(C)N(Cc1ccc(OC)cc1OC)C(S)NC(=O)c1ccco1. The molecule has 26 heavy (non-hydrogen) atoms. The molecule has 1 aromatic carbocycles. The topological polar surface area (TPSA) is 63.9 Å². The van der Waals surface area contributed by atoms with Crippen molar-refractivity contribution in [3.05, 3.63) is 47.9 Å². The number of carbonyl (C=O) groups is 1. The van der Waals surface area contributed by atoms with Gasteiger partial charge in [-0.3, -0.25) is 9.69 Å². The van der Waals surface area contributed by atoms with Crippen molar-refractivity contribution >= 4 is 18.5 Å². The fourth-order valence-electron chi connectivity index (χ4n) is 2.58. The lowest BCUT2D eigenvalue weighted by molar-refractivity contribution is 0.0844. The van der Waals surface area contributed by atoms with Gasteiger partial charge in [-0.1, -0.05) is 13.0 Å². The number of furan rings is 1. The fourth-order valence-corrected chi connectivity index (χ4v) is 3.00. The molecular weight excluding hydrogens is 352 g/mol. The number of rotatable bonds is 9. The number of nitrogens with zero attached hydrogens (tertiary/aromatic N) is 1. The molecule has 0 saturated carbocycles. The van der Waals surface area contributed by atoms with Crippen LogP contribution in [-0.2, 0) is 6.54 Å². The Morgan fingerprint density at radius 1 is 1.31 bits per heavy atom. The number of amides is 1. The molecule has 0 fully saturated rings. The molecule has 0 saturated heterocycles. The molecule has 7 heteroatoms. The van der Waals surface area contributed by atoms with E-state index in [1.54, 1.807) is 26.4 Å². The van der Waals surface area contributed by atoms with Crippen LogP contribution in [0.4, 0.5) is 0 Å². The largest absolute Gasteiger partial charge is 0.497 e. The second-order valence-corrected chi connectivity index (χ2v) is 6.42. The van der Waals surface area contributed by atoms with Gasteiger partial charge in [0.2, 0.25) is 0 Å². The number of ether oxygens (including phenoxy) is 2. The highest BCUT2D eigenvalue weighted by atomic mass is 32.1. The molecule has 1 N–H and O–H groups in total. The lowest BCUT2D eigenvalue weighted by Gasteiger charge is -2.34. The zero-order valence-corrected chi connectivity index (χ0v) is 16.5. The minimum atomic E-state index is -0.477. The third kappa shape index (κ3) is 4.95. The fraction of sp³-hybridized carbons (Fsp3) is 0.421. The van der Waals surface area contributed by atoms with E-state index in [9.17, 15) is 4.79 Å². The van der Waals surface area contributed by atoms with Gasteiger partial charge in [-0.05, 0) is 31.5 Å². The van der Waals surface area contributed by atoms with E-state index in [1.165, 1.54) is 6.26 Å². The Balaban J connectivity index is 2.18. The number of nitrogens with one attached hydrogen (secondary N) is 1. The summed E-state index contributed by atoms with van der Waals surface area (Å²) in [5.74, 6) is 1.42. The molecule has 2 atom stereocenters. The molecule has 6 nitrogen and oxygen atoms in total. The summed E-state index contributed by atoms with van der Waals surface area (Å²) >= 11 is 4.61. The van der Waals surface area contributed by atoms with Crippen LogP contribution in [-0.4, -0.2) is 36.6 Å². The van der Waals surface area contributed by atoms with Crippen molar-refractivity contribution in [2.75, 3.05) is 14.2 Å². The smallest absolute Gasteiger partial charge is 0.288 e. The molecule has 2 aromatic rings. The van der Waals surface area contributed by atoms with E-state index in [2.05, 4.69) is 36.7 Å². The van der Waals surface area contributed by atoms with Crippen LogP contribution in [0, 0.1) is 0 Å². The number of carbonyl (C=O) groups excluding carboxylic acids is 1. The van der Waals surface area contributed by atoms with Gasteiger partial charge in [0.15, 0.2) is 5.76 Å². The maximum Gasteiger partial charge on any atom is 0.288 e. The van der Waals surface area contributed by atoms with Crippen LogP contribution in [0.2, 0.25) is 0 Å². The summed E-state index contributed by atoms with van der Waals surface area (Å²) in [5.41, 5.74) is 0.509. The molecule has 2 rings (SSSR count). The van der Waals surface area contributed by atoms with E-state index in [4.69, 9.17) is 13.9 Å². The average Bonchev–Trinajstić information content (AvgIpc) is 3.20. The zero-order valence-electron chi connectivity index (χ0n) is 15.6. The minimum Gasteiger partial charge on any atom is -0.497 e. The summed E-state index contributed by atoms with van der Waals surface area (Å²) in [5, 5.41) is 2.87. The van der Waals surface area contributed by atoms with E-state index < -0.39 is 5.50 Å². The van der Waals surface area contributed by atoms with Crippen LogP contribution < -0.4 is 14.8 Å². The zero-order chi connectivity index (χ0) is 19.1.